The Bertz CT molecular complexity index is 728. The van der Waals surface area contributed by atoms with E-state index in [-0.39, 0.29) is 25.1 Å². The quantitative estimate of drug-likeness (QED) is 0.831. The lowest BCUT2D eigenvalue weighted by atomic mass is 10.3. The number of hydrogen-bond acceptors (Lipinski definition) is 7. The van der Waals surface area contributed by atoms with E-state index in [4.69, 9.17) is 28.4 Å². The molecule has 1 N–H and O–H groups in total. The van der Waals surface area contributed by atoms with Gasteiger partial charge in [-0.25, -0.2) is 4.79 Å². The molecule has 0 aromatic heterocycles. The molecule has 4 rings (SSSR count). The van der Waals surface area contributed by atoms with E-state index in [1.54, 1.807) is 36.4 Å². The molecule has 8 heteroatoms. The number of carboxylic acids is 1. The Morgan fingerprint density at radius 1 is 0.833 bits per heavy atom. The Kier molecular flexibility index (Phi) is 3.42. The molecule has 0 bridgehead atoms. The molecule has 0 saturated carbocycles. The molecule has 0 aliphatic carbocycles. The summed E-state index contributed by atoms with van der Waals surface area (Å²) in [4.78, 5) is 11.4. The zero-order valence-electron chi connectivity index (χ0n) is 12.3. The number of ether oxygens (including phenoxy) is 6. The summed E-state index contributed by atoms with van der Waals surface area (Å²) in [7, 11) is 0. The first-order valence-corrected chi connectivity index (χ1v) is 7.04. The fourth-order valence-electron chi connectivity index (χ4n) is 2.27. The molecule has 2 aromatic carbocycles. The first-order chi connectivity index (χ1) is 11.7. The number of carbonyl (C=O) groups is 1. The molecule has 0 spiro atoms. The second-order valence-corrected chi connectivity index (χ2v) is 4.94. The van der Waals surface area contributed by atoms with E-state index in [0.29, 0.717) is 23.0 Å². The third-order valence-electron chi connectivity index (χ3n) is 3.38. The van der Waals surface area contributed by atoms with Gasteiger partial charge >= 0.3 is 12.3 Å². The van der Waals surface area contributed by atoms with Gasteiger partial charge in [-0.05, 0) is 24.3 Å². The van der Waals surface area contributed by atoms with Crippen LogP contribution in [0.1, 0.15) is 0 Å². The third-order valence-corrected chi connectivity index (χ3v) is 3.38. The van der Waals surface area contributed by atoms with Gasteiger partial charge in [-0.1, -0.05) is 0 Å². The molecule has 2 aliphatic rings. The molecule has 0 atom stereocenters. The normalized spacial score (nSPS) is 13.9. The van der Waals surface area contributed by atoms with E-state index in [1.807, 2.05) is 0 Å². The minimum atomic E-state index is -1.54. The van der Waals surface area contributed by atoms with Crippen molar-refractivity contribution >= 4 is 5.97 Å². The Morgan fingerprint density at radius 3 is 1.75 bits per heavy atom. The lowest BCUT2D eigenvalue weighted by Crippen LogP contribution is -2.33. The summed E-state index contributed by atoms with van der Waals surface area (Å²) in [5.41, 5.74) is 0. The smallest absolute Gasteiger partial charge is 0.387 e. The maximum absolute atomic E-state index is 11.4. The van der Waals surface area contributed by atoms with Crippen LogP contribution in [0.3, 0.4) is 0 Å². The molecule has 24 heavy (non-hydrogen) atoms. The van der Waals surface area contributed by atoms with Crippen LogP contribution in [-0.4, -0.2) is 31.0 Å². The molecule has 8 nitrogen and oxygen atoms in total. The van der Waals surface area contributed by atoms with Gasteiger partial charge in [0.2, 0.25) is 13.6 Å². The maximum Gasteiger partial charge on any atom is 0.387 e. The number of benzene rings is 2. The van der Waals surface area contributed by atoms with Crippen molar-refractivity contribution in [2.45, 2.75) is 6.29 Å². The Balaban J connectivity index is 1.51. The van der Waals surface area contributed by atoms with Gasteiger partial charge in [-0.3, -0.25) is 0 Å². The predicted molar refractivity (Wildman–Crippen MR) is 77.8 cm³/mol. The van der Waals surface area contributed by atoms with Crippen molar-refractivity contribution in [1.82, 2.24) is 0 Å². The molecule has 124 valence electrons. The van der Waals surface area contributed by atoms with Crippen LogP contribution in [0.2, 0.25) is 0 Å². The number of hydrogen-bond donors (Lipinski definition) is 1. The summed E-state index contributed by atoms with van der Waals surface area (Å²) >= 11 is 0. The van der Waals surface area contributed by atoms with Gasteiger partial charge in [0.25, 0.3) is 0 Å². The van der Waals surface area contributed by atoms with Crippen LogP contribution < -0.4 is 28.4 Å². The standard InChI is InChI=1S/C16H12O8/c17-15(18)16(23-9-1-3-11-13(5-9)21-7-19-11)24-10-2-4-12-14(6-10)22-8-20-12/h1-6,16H,7-8H2,(H,17,18). The van der Waals surface area contributed by atoms with E-state index in [1.165, 1.54) is 0 Å². The van der Waals surface area contributed by atoms with Crippen molar-refractivity contribution in [2.75, 3.05) is 13.6 Å². The van der Waals surface area contributed by atoms with Crippen LogP contribution in [0, 0.1) is 0 Å². The van der Waals surface area contributed by atoms with Gasteiger partial charge < -0.3 is 33.5 Å². The van der Waals surface area contributed by atoms with E-state index < -0.39 is 12.3 Å². The second kappa shape index (κ2) is 5.73. The minimum Gasteiger partial charge on any atom is -0.476 e. The average molecular weight is 332 g/mol. The van der Waals surface area contributed by atoms with E-state index in [0.717, 1.165) is 0 Å². The van der Waals surface area contributed by atoms with Gasteiger partial charge in [-0.15, -0.1) is 0 Å². The maximum atomic E-state index is 11.4. The van der Waals surface area contributed by atoms with E-state index >= 15 is 0 Å². The van der Waals surface area contributed by atoms with Crippen LogP contribution in [0.15, 0.2) is 36.4 Å². The molecule has 0 unspecified atom stereocenters. The van der Waals surface area contributed by atoms with Gasteiger partial charge in [0.15, 0.2) is 23.0 Å². The monoisotopic (exact) mass is 332 g/mol. The molecule has 0 radical (unpaired) electrons. The van der Waals surface area contributed by atoms with Crippen LogP contribution >= 0.6 is 0 Å². The lowest BCUT2D eigenvalue weighted by molar-refractivity contribution is -0.158. The third kappa shape index (κ3) is 2.69. The summed E-state index contributed by atoms with van der Waals surface area (Å²) in [6.45, 7) is 0.240. The highest BCUT2D eigenvalue weighted by atomic mass is 16.7. The SMILES string of the molecule is O=C(O)C(Oc1ccc2c(c1)OCO2)Oc1ccc2c(c1)OCO2. The number of carboxylic acid groups (broad SMARTS) is 1. The zero-order valence-corrected chi connectivity index (χ0v) is 12.3. The summed E-state index contributed by atoms with van der Waals surface area (Å²) in [6.07, 6.45) is -1.54. The Hall–Kier alpha value is -3.29. The van der Waals surface area contributed by atoms with Crippen molar-refractivity contribution in [1.29, 1.82) is 0 Å². The molecule has 0 fully saturated rings. The number of aliphatic carboxylic acids is 1. The molecular formula is C16H12O8. The van der Waals surface area contributed by atoms with Crippen LogP contribution in [0.4, 0.5) is 0 Å². The molecule has 0 saturated heterocycles. The van der Waals surface area contributed by atoms with Crippen LogP contribution in [-0.2, 0) is 4.79 Å². The van der Waals surface area contributed by atoms with E-state index in [9.17, 15) is 9.90 Å². The van der Waals surface area contributed by atoms with Gasteiger partial charge in [0, 0.05) is 12.1 Å². The zero-order chi connectivity index (χ0) is 16.5. The fraction of sp³-hybridized carbons (Fsp3) is 0.188. The van der Waals surface area contributed by atoms with Crippen molar-refractivity contribution < 1.29 is 38.3 Å². The molecule has 2 heterocycles. The van der Waals surface area contributed by atoms with Crippen LogP contribution in [0.5, 0.6) is 34.5 Å². The summed E-state index contributed by atoms with van der Waals surface area (Å²) in [5.74, 6) is 1.42. The minimum absolute atomic E-state index is 0.120. The van der Waals surface area contributed by atoms with Crippen molar-refractivity contribution in [3.8, 4) is 34.5 Å². The topological polar surface area (TPSA) is 92.7 Å². The lowest BCUT2D eigenvalue weighted by Gasteiger charge is -2.17. The first-order valence-electron chi connectivity index (χ1n) is 7.04. The molecular weight excluding hydrogens is 320 g/mol. The van der Waals surface area contributed by atoms with Crippen molar-refractivity contribution in [2.24, 2.45) is 0 Å². The van der Waals surface area contributed by atoms with Gasteiger partial charge in [-0.2, -0.15) is 0 Å². The summed E-state index contributed by atoms with van der Waals surface area (Å²) in [5, 5.41) is 9.32. The first kappa shape index (κ1) is 14.3. The predicted octanol–water partition coefficient (Wildman–Crippen LogP) is 2.01. The second-order valence-electron chi connectivity index (χ2n) is 4.94. The molecule has 2 aliphatic heterocycles. The van der Waals surface area contributed by atoms with E-state index in [2.05, 4.69) is 0 Å². The fourth-order valence-corrected chi connectivity index (χ4v) is 2.27. The summed E-state index contributed by atoms with van der Waals surface area (Å²) < 4.78 is 31.6. The molecule has 2 aromatic rings. The van der Waals surface area contributed by atoms with Crippen molar-refractivity contribution in [3.63, 3.8) is 0 Å². The Labute approximate surface area is 136 Å². The van der Waals surface area contributed by atoms with Crippen LogP contribution in [0.25, 0.3) is 0 Å². The largest absolute Gasteiger partial charge is 0.476 e. The highest BCUT2D eigenvalue weighted by Crippen LogP contribution is 2.37. The number of rotatable bonds is 5. The van der Waals surface area contributed by atoms with Gasteiger partial charge in [0.1, 0.15) is 11.5 Å². The highest BCUT2D eigenvalue weighted by molar-refractivity contribution is 5.71. The van der Waals surface area contributed by atoms with Crippen molar-refractivity contribution in [3.05, 3.63) is 36.4 Å². The highest BCUT2D eigenvalue weighted by Gasteiger charge is 2.24. The number of fused-ring (bicyclic) bond motifs is 2. The molecule has 0 amide bonds. The average Bonchev–Trinajstić information content (AvgIpc) is 3.22. The Morgan fingerprint density at radius 2 is 1.29 bits per heavy atom. The van der Waals surface area contributed by atoms with Gasteiger partial charge in [0.05, 0.1) is 0 Å². The summed E-state index contributed by atoms with van der Waals surface area (Å²) in [6, 6.07) is 9.51.